The van der Waals surface area contributed by atoms with Crippen LogP contribution in [0.2, 0.25) is 0 Å². The molecule has 82 valence electrons. The summed E-state index contributed by atoms with van der Waals surface area (Å²) < 4.78 is 4.61. The number of anilines is 1. The smallest absolute Gasteiger partial charge is 0.337 e. The van der Waals surface area contributed by atoms with Crippen molar-refractivity contribution in [2.45, 2.75) is 0 Å². The lowest BCUT2D eigenvalue weighted by Crippen LogP contribution is -2.17. The van der Waals surface area contributed by atoms with Crippen molar-refractivity contribution in [3.63, 3.8) is 0 Å². The van der Waals surface area contributed by atoms with E-state index in [9.17, 15) is 4.79 Å². The van der Waals surface area contributed by atoms with Crippen LogP contribution >= 0.6 is 0 Å². The molecule has 0 unspecified atom stereocenters. The van der Waals surface area contributed by atoms with E-state index >= 15 is 0 Å². The van der Waals surface area contributed by atoms with E-state index in [1.165, 1.54) is 7.11 Å². The Morgan fingerprint density at radius 2 is 1.93 bits per heavy atom. The van der Waals surface area contributed by atoms with Crippen LogP contribution in [0.25, 0.3) is 0 Å². The number of benzene rings is 1. The highest BCUT2D eigenvalue weighted by molar-refractivity contribution is 5.89. The topological polar surface area (TPSA) is 50.4 Å². The van der Waals surface area contributed by atoms with Crippen LogP contribution in [-0.2, 0) is 4.74 Å². The second kappa shape index (κ2) is 6.03. The fourth-order valence-electron chi connectivity index (χ4n) is 1.17. The summed E-state index contributed by atoms with van der Waals surface area (Å²) in [5.74, 6) is -0.309. The molecular formula is C11H16N2O2. The summed E-state index contributed by atoms with van der Waals surface area (Å²) in [7, 11) is 3.28. The minimum atomic E-state index is -0.309. The Kier molecular flexibility index (Phi) is 4.63. The predicted octanol–water partition coefficient (Wildman–Crippen LogP) is 1.10. The van der Waals surface area contributed by atoms with Gasteiger partial charge in [-0.1, -0.05) is 0 Å². The number of rotatable bonds is 5. The fourth-order valence-corrected chi connectivity index (χ4v) is 1.17. The molecule has 1 rings (SSSR count). The molecule has 1 aromatic rings. The number of hydrogen-bond donors (Lipinski definition) is 2. The van der Waals surface area contributed by atoms with Crippen molar-refractivity contribution in [3.8, 4) is 0 Å². The Labute approximate surface area is 89.6 Å². The van der Waals surface area contributed by atoms with Crippen LogP contribution in [0.15, 0.2) is 24.3 Å². The summed E-state index contributed by atoms with van der Waals surface area (Å²) in [6.07, 6.45) is 0. The van der Waals surface area contributed by atoms with Crippen LogP contribution in [0, 0.1) is 0 Å². The number of methoxy groups -OCH3 is 1. The molecule has 0 fully saturated rings. The Morgan fingerprint density at radius 1 is 1.27 bits per heavy atom. The molecule has 1 aromatic carbocycles. The van der Waals surface area contributed by atoms with Gasteiger partial charge in [-0.05, 0) is 31.3 Å². The molecule has 0 atom stereocenters. The van der Waals surface area contributed by atoms with Gasteiger partial charge >= 0.3 is 5.97 Å². The summed E-state index contributed by atoms with van der Waals surface area (Å²) in [5, 5.41) is 6.26. The second-order valence-electron chi connectivity index (χ2n) is 3.10. The maximum absolute atomic E-state index is 11.1. The molecule has 15 heavy (non-hydrogen) atoms. The molecule has 4 nitrogen and oxygen atoms in total. The van der Waals surface area contributed by atoms with Crippen LogP contribution in [-0.4, -0.2) is 33.2 Å². The number of esters is 1. The Hall–Kier alpha value is -1.55. The van der Waals surface area contributed by atoms with Crippen LogP contribution in [0.1, 0.15) is 10.4 Å². The molecule has 0 radical (unpaired) electrons. The summed E-state index contributed by atoms with van der Waals surface area (Å²) in [6, 6.07) is 7.21. The lowest BCUT2D eigenvalue weighted by molar-refractivity contribution is 0.0601. The molecule has 0 aliphatic heterocycles. The Balaban J connectivity index is 2.52. The van der Waals surface area contributed by atoms with Crippen LogP contribution in [0.3, 0.4) is 0 Å². The van der Waals surface area contributed by atoms with E-state index in [-0.39, 0.29) is 5.97 Å². The SMILES string of the molecule is CNCCNc1ccc(C(=O)OC)cc1. The first kappa shape index (κ1) is 11.5. The lowest BCUT2D eigenvalue weighted by atomic mass is 10.2. The number of nitrogens with one attached hydrogen (secondary N) is 2. The first-order chi connectivity index (χ1) is 7.27. The van der Waals surface area contributed by atoms with Gasteiger partial charge in [0, 0.05) is 18.8 Å². The van der Waals surface area contributed by atoms with E-state index in [1.807, 2.05) is 19.2 Å². The fraction of sp³-hybridized carbons (Fsp3) is 0.364. The zero-order chi connectivity index (χ0) is 11.1. The van der Waals surface area contributed by atoms with Gasteiger partial charge in [0.15, 0.2) is 0 Å². The third-order valence-electron chi connectivity index (χ3n) is 2.01. The van der Waals surface area contributed by atoms with Crippen LogP contribution < -0.4 is 10.6 Å². The highest BCUT2D eigenvalue weighted by Gasteiger charge is 2.03. The van der Waals surface area contributed by atoms with Gasteiger partial charge in [-0.25, -0.2) is 4.79 Å². The highest BCUT2D eigenvalue weighted by atomic mass is 16.5. The molecule has 0 aliphatic carbocycles. The summed E-state index contributed by atoms with van der Waals surface area (Å²) in [6.45, 7) is 1.76. The normalized spacial score (nSPS) is 9.73. The minimum absolute atomic E-state index is 0.309. The largest absolute Gasteiger partial charge is 0.465 e. The van der Waals surface area contributed by atoms with E-state index in [0.29, 0.717) is 5.56 Å². The van der Waals surface area contributed by atoms with E-state index in [0.717, 1.165) is 18.8 Å². The highest BCUT2D eigenvalue weighted by Crippen LogP contribution is 2.09. The molecule has 0 heterocycles. The number of carbonyl (C=O) groups is 1. The average molecular weight is 208 g/mol. The standard InChI is InChI=1S/C11H16N2O2/c1-12-7-8-13-10-5-3-9(4-6-10)11(14)15-2/h3-6,12-13H,7-8H2,1-2H3. The lowest BCUT2D eigenvalue weighted by Gasteiger charge is -2.06. The molecule has 0 bridgehead atoms. The quantitative estimate of drug-likeness (QED) is 0.562. The maximum Gasteiger partial charge on any atom is 0.337 e. The third kappa shape index (κ3) is 3.59. The maximum atomic E-state index is 11.1. The number of ether oxygens (including phenoxy) is 1. The molecule has 0 amide bonds. The Bertz CT molecular complexity index is 309. The zero-order valence-corrected chi connectivity index (χ0v) is 9.04. The summed E-state index contributed by atoms with van der Waals surface area (Å²) in [4.78, 5) is 11.1. The van der Waals surface area contributed by atoms with E-state index < -0.39 is 0 Å². The van der Waals surface area contributed by atoms with Gasteiger partial charge in [0.2, 0.25) is 0 Å². The van der Waals surface area contributed by atoms with Crippen molar-refractivity contribution in [1.82, 2.24) is 5.32 Å². The van der Waals surface area contributed by atoms with Gasteiger partial charge in [0.05, 0.1) is 12.7 Å². The van der Waals surface area contributed by atoms with Gasteiger partial charge in [0.25, 0.3) is 0 Å². The average Bonchev–Trinajstić information content (AvgIpc) is 2.29. The van der Waals surface area contributed by atoms with Crippen molar-refractivity contribution in [1.29, 1.82) is 0 Å². The number of likely N-dealkylation sites (N-methyl/N-ethyl adjacent to an activating group) is 1. The summed E-state index contributed by atoms with van der Waals surface area (Å²) >= 11 is 0. The van der Waals surface area contributed by atoms with E-state index in [4.69, 9.17) is 0 Å². The van der Waals surface area contributed by atoms with Gasteiger partial charge in [0.1, 0.15) is 0 Å². The molecule has 0 spiro atoms. The monoisotopic (exact) mass is 208 g/mol. The van der Waals surface area contributed by atoms with Gasteiger partial charge in [-0.3, -0.25) is 0 Å². The zero-order valence-electron chi connectivity index (χ0n) is 9.04. The number of hydrogen-bond acceptors (Lipinski definition) is 4. The van der Waals surface area contributed by atoms with E-state index in [1.54, 1.807) is 12.1 Å². The predicted molar refractivity (Wildman–Crippen MR) is 60.2 cm³/mol. The minimum Gasteiger partial charge on any atom is -0.465 e. The molecule has 0 saturated carbocycles. The van der Waals surface area contributed by atoms with Gasteiger partial charge in [-0.2, -0.15) is 0 Å². The van der Waals surface area contributed by atoms with Crippen molar-refractivity contribution in [2.75, 3.05) is 32.6 Å². The van der Waals surface area contributed by atoms with Gasteiger partial charge < -0.3 is 15.4 Å². The van der Waals surface area contributed by atoms with Crippen molar-refractivity contribution in [2.24, 2.45) is 0 Å². The second-order valence-corrected chi connectivity index (χ2v) is 3.10. The molecule has 0 aromatic heterocycles. The number of carbonyl (C=O) groups excluding carboxylic acids is 1. The molecule has 0 saturated heterocycles. The first-order valence-corrected chi connectivity index (χ1v) is 4.84. The van der Waals surface area contributed by atoms with Gasteiger partial charge in [-0.15, -0.1) is 0 Å². The van der Waals surface area contributed by atoms with Crippen LogP contribution in [0.5, 0.6) is 0 Å². The van der Waals surface area contributed by atoms with E-state index in [2.05, 4.69) is 15.4 Å². The first-order valence-electron chi connectivity index (χ1n) is 4.84. The van der Waals surface area contributed by atoms with Crippen molar-refractivity contribution >= 4 is 11.7 Å². The molecular weight excluding hydrogens is 192 g/mol. The Morgan fingerprint density at radius 3 is 2.47 bits per heavy atom. The molecule has 2 N–H and O–H groups in total. The summed E-state index contributed by atoms with van der Waals surface area (Å²) in [5.41, 5.74) is 1.56. The third-order valence-corrected chi connectivity index (χ3v) is 2.01. The van der Waals surface area contributed by atoms with Crippen molar-refractivity contribution in [3.05, 3.63) is 29.8 Å². The van der Waals surface area contributed by atoms with Crippen molar-refractivity contribution < 1.29 is 9.53 Å². The van der Waals surface area contributed by atoms with Crippen LogP contribution in [0.4, 0.5) is 5.69 Å². The molecule has 4 heteroatoms. The molecule has 0 aliphatic rings.